The number of alkyl halides is 2. The van der Waals surface area contributed by atoms with Gasteiger partial charge >= 0.3 is 0 Å². The van der Waals surface area contributed by atoms with Crippen molar-refractivity contribution in [3.05, 3.63) is 23.8 Å². The van der Waals surface area contributed by atoms with Crippen molar-refractivity contribution in [3.8, 4) is 0 Å². The van der Waals surface area contributed by atoms with Crippen molar-refractivity contribution >= 4 is 46.4 Å². The summed E-state index contributed by atoms with van der Waals surface area (Å²) in [7, 11) is 0. The minimum Gasteiger partial charge on any atom is -0.371 e. The molecule has 7 heteroatoms. The summed E-state index contributed by atoms with van der Waals surface area (Å²) >= 11 is 11.1. The zero-order chi connectivity index (χ0) is 17.7. The highest BCUT2D eigenvalue weighted by atomic mass is 35.5. The number of rotatable bonds is 6. The Hall–Kier alpha value is -1.46. The first-order valence-electron chi connectivity index (χ1n) is 8.14. The molecule has 0 aromatic heterocycles. The first kappa shape index (κ1) is 18.9. The van der Waals surface area contributed by atoms with Crippen molar-refractivity contribution in [2.24, 2.45) is 5.92 Å². The maximum Gasteiger partial charge on any atom is 0.257 e. The normalized spacial score (nSPS) is 14.3. The molecule has 0 bridgehead atoms. The van der Waals surface area contributed by atoms with Crippen LogP contribution in [-0.2, 0) is 4.79 Å². The maximum atomic E-state index is 12.6. The Morgan fingerprint density at radius 2 is 1.88 bits per heavy atom. The number of amides is 2. The highest BCUT2D eigenvalue weighted by Crippen LogP contribution is 2.28. The van der Waals surface area contributed by atoms with Gasteiger partial charge in [-0.25, -0.2) is 0 Å². The predicted molar refractivity (Wildman–Crippen MR) is 99.2 cm³/mol. The number of anilines is 2. The van der Waals surface area contributed by atoms with Gasteiger partial charge < -0.3 is 15.5 Å². The first-order valence-corrected chi connectivity index (χ1v) is 9.02. The molecule has 1 aromatic carbocycles. The summed E-state index contributed by atoms with van der Waals surface area (Å²) in [6.45, 7) is 6.54. The minimum atomic E-state index is -1.15. The van der Waals surface area contributed by atoms with E-state index in [4.69, 9.17) is 23.2 Å². The van der Waals surface area contributed by atoms with Gasteiger partial charge in [0, 0.05) is 31.0 Å². The molecule has 0 aliphatic carbocycles. The molecule has 0 spiro atoms. The first-order chi connectivity index (χ1) is 11.4. The van der Waals surface area contributed by atoms with Gasteiger partial charge in [-0.05, 0) is 37.0 Å². The highest BCUT2D eigenvalue weighted by Gasteiger charge is 2.21. The van der Waals surface area contributed by atoms with Crippen molar-refractivity contribution in [1.29, 1.82) is 0 Å². The van der Waals surface area contributed by atoms with Crippen LogP contribution in [0.15, 0.2) is 18.2 Å². The van der Waals surface area contributed by atoms with Crippen LogP contribution in [0.1, 0.15) is 37.0 Å². The van der Waals surface area contributed by atoms with Gasteiger partial charge in [0.1, 0.15) is 0 Å². The molecule has 1 aromatic rings. The van der Waals surface area contributed by atoms with Crippen LogP contribution in [0.2, 0.25) is 0 Å². The van der Waals surface area contributed by atoms with E-state index >= 15 is 0 Å². The minimum absolute atomic E-state index is 0.144. The standard InChI is InChI=1S/C17H23Cl2N3O2/c1-11(2)10-20-16(23)13-9-12(21-17(24)15(18)19)5-6-14(13)22-7-3-4-8-22/h5-6,9,11,15H,3-4,7-8,10H2,1-2H3,(H,20,23)(H,21,24). The lowest BCUT2D eigenvalue weighted by atomic mass is 10.1. The van der Waals surface area contributed by atoms with E-state index < -0.39 is 10.7 Å². The van der Waals surface area contributed by atoms with Crippen LogP contribution >= 0.6 is 23.2 Å². The summed E-state index contributed by atoms with van der Waals surface area (Å²) in [5, 5.41) is 5.55. The van der Waals surface area contributed by atoms with E-state index in [2.05, 4.69) is 15.5 Å². The smallest absolute Gasteiger partial charge is 0.257 e. The number of carbonyl (C=O) groups is 2. The third kappa shape index (κ3) is 5.02. The molecule has 0 saturated carbocycles. The summed E-state index contributed by atoms with van der Waals surface area (Å²) in [6.07, 6.45) is 2.23. The van der Waals surface area contributed by atoms with E-state index in [1.54, 1.807) is 12.1 Å². The number of benzene rings is 1. The highest BCUT2D eigenvalue weighted by molar-refractivity contribution is 6.54. The quantitative estimate of drug-likeness (QED) is 0.753. The van der Waals surface area contributed by atoms with Gasteiger partial charge in [0.25, 0.3) is 11.8 Å². The molecular weight excluding hydrogens is 349 g/mol. The summed E-state index contributed by atoms with van der Waals surface area (Å²) in [5.41, 5.74) is 1.94. The fourth-order valence-electron chi connectivity index (χ4n) is 2.62. The van der Waals surface area contributed by atoms with Gasteiger partial charge in [0.15, 0.2) is 4.84 Å². The number of carbonyl (C=O) groups excluding carboxylic acids is 2. The zero-order valence-corrected chi connectivity index (χ0v) is 15.5. The summed E-state index contributed by atoms with van der Waals surface area (Å²) in [4.78, 5) is 25.3. The van der Waals surface area contributed by atoms with Gasteiger partial charge in [-0.2, -0.15) is 0 Å². The van der Waals surface area contributed by atoms with E-state index in [1.807, 2.05) is 19.9 Å². The van der Waals surface area contributed by atoms with Gasteiger partial charge in [0.2, 0.25) is 0 Å². The SMILES string of the molecule is CC(C)CNC(=O)c1cc(NC(=O)C(Cl)Cl)ccc1N1CCCC1. The number of nitrogens with zero attached hydrogens (tertiary/aromatic N) is 1. The largest absolute Gasteiger partial charge is 0.371 e. The number of hydrogen-bond donors (Lipinski definition) is 2. The van der Waals surface area contributed by atoms with Crippen LogP contribution in [0, 0.1) is 5.92 Å². The molecule has 1 heterocycles. The molecule has 2 rings (SSSR count). The Labute approximate surface area is 152 Å². The second-order valence-corrected chi connectivity index (χ2v) is 7.42. The van der Waals surface area contributed by atoms with Crippen molar-refractivity contribution in [2.75, 3.05) is 29.9 Å². The fraction of sp³-hybridized carbons (Fsp3) is 0.529. The number of nitrogens with one attached hydrogen (secondary N) is 2. The average molecular weight is 372 g/mol. The summed E-state index contributed by atoms with van der Waals surface area (Å²) in [5.74, 6) is -0.295. The van der Waals surface area contributed by atoms with E-state index in [1.165, 1.54) is 0 Å². The third-order valence-electron chi connectivity index (χ3n) is 3.82. The number of halogens is 2. The molecule has 1 aliphatic heterocycles. The molecule has 24 heavy (non-hydrogen) atoms. The predicted octanol–water partition coefficient (Wildman–Crippen LogP) is 3.41. The van der Waals surface area contributed by atoms with E-state index in [9.17, 15) is 9.59 Å². The van der Waals surface area contributed by atoms with Gasteiger partial charge in [-0.3, -0.25) is 9.59 Å². The van der Waals surface area contributed by atoms with Gasteiger partial charge in [-0.1, -0.05) is 37.0 Å². The fourth-order valence-corrected chi connectivity index (χ4v) is 2.73. The van der Waals surface area contributed by atoms with E-state index in [-0.39, 0.29) is 5.91 Å². The lowest BCUT2D eigenvalue weighted by Crippen LogP contribution is -2.30. The molecule has 0 atom stereocenters. The van der Waals surface area contributed by atoms with E-state index in [0.29, 0.717) is 23.7 Å². The van der Waals surface area contributed by atoms with Crippen molar-refractivity contribution in [3.63, 3.8) is 0 Å². The Balaban J connectivity index is 2.26. The van der Waals surface area contributed by atoms with Gasteiger partial charge in [0.05, 0.1) is 5.56 Å². The second-order valence-electron chi connectivity index (χ2n) is 6.32. The molecule has 0 unspecified atom stereocenters. The van der Waals surface area contributed by atoms with Crippen molar-refractivity contribution < 1.29 is 9.59 Å². The van der Waals surface area contributed by atoms with Crippen LogP contribution in [0.25, 0.3) is 0 Å². The summed E-state index contributed by atoms with van der Waals surface area (Å²) in [6, 6.07) is 5.31. The summed E-state index contributed by atoms with van der Waals surface area (Å²) < 4.78 is 0. The lowest BCUT2D eigenvalue weighted by molar-refractivity contribution is -0.114. The molecular formula is C17H23Cl2N3O2. The Kier molecular flexibility index (Phi) is 6.75. The second kappa shape index (κ2) is 8.58. The molecule has 2 amide bonds. The van der Waals surface area contributed by atoms with Crippen LogP contribution in [0.5, 0.6) is 0 Å². The number of hydrogen-bond acceptors (Lipinski definition) is 3. The van der Waals surface area contributed by atoms with Crippen LogP contribution in [-0.4, -0.2) is 36.3 Å². The topological polar surface area (TPSA) is 61.4 Å². The average Bonchev–Trinajstić information content (AvgIpc) is 3.06. The third-order valence-corrected chi connectivity index (χ3v) is 4.22. The van der Waals surface area contributed by atoms with Gasteiger partial charge in [-0.15, -0.1) is 0 Å². The molecule has 1 aliphatic rings. The Bertz CT molecular complexity index is 599. The van der Waals surface area contributed by atoms with Crippen LogP contribution in [0.3, 0.4) is 0 Å². The van der Waals surface area contributed by atoms with Crippen LogP contribution < -0.4 is 15.5 Å². The van der Waals surface area contributed by atoms with Crippen molar-refractivity contribution in [1.82, 2.24) is 5.32 Å². The maximum absolute atomic E-state index is 12.6. The molecule has 1 fully saturated rings. The molecule has 1 saturated heterocycles. The Morgan fingerprint density at radius 3 is 2.46 bits per heavy atom. The Morgan fingerprint density at radius 1 is 1.21 bits per heavy atom. The molecule has 5 nitrogen and oxygen atoms in total. The molecule has 0 radical (unpaired) electrons. The van der Waals surface area contributed by atoms with Crippen LogP contribution in [0.4, 0.5) is 11.4 Å². The monoisotopic (exact) mass is 371 g/mol. The molecule has 2 N–H and O–H groups in total. The van der Waals surface area contributed by atoms with E-state index in [0.717, 1.165) is 31.6 Å². The lowest BCUT2D eigenvalue weighted by Gasteiger charge is -2.22. The zero-order valence-electron chi connectivity index (χ0n) is 13.9. The molecule has 132 valence electrons. The van der Waals surface area contributed by atoms with Crippen molar-refractivity contribution in [2.45, 2.75) is 31.5 Å².